The van der Waals surface area contributed by atoms with Gasteiger partial charge in [0.25, 0.3) is 0 Å². The third-order valence-electron chi connectivity index (χ3n) is 5.65. The van der Waals surface area contributed by atoms with Crippen LogP contribution in [-0.4, -0.2) is 12.6 Å². The normalized spacial score (nSPS) is 23.2. The van der Waals surface area contributed by atoms with E-state index in [1.165, 1.54) is 50.5 Å². The molecule has 2 heteroatoms. The lowest BCUT2D eigenvalue weighted by Gasteiger charge is -2.59. The van der Waals surface area contributed by atoms with Crippen LogP contribution in [0.1, 0.15) is 64.4 Å². The van der Waals surface area contributed by atoms with E-state index in [2.05, 4.69) is 19.2 Å². The number of hydrogen-bond acceptors (Lipinski definition) is 1. The van der Waals surface area contributed by atoms with Crippen LogP contribution in [0.4, 0.5) is 4.39 Å². The van der Waals surface area contributed by atoms with Gasteiger partial charge >= 0.3 is 0 Å². The minimum Gasteiger partial charge on any atom is -0.314 e. The zero-order valence-electron chi connectivity index (χ0n) is 13.4. The Morgan fingerprint density at radius 3 is 2.24 bits per heavy atom. The Balaban J connectivity index is 1.78. The fourth-order valence-corrected chi connectivity index (χ4v) is 4.67. The molecule has 21 heavy (non-hydrogen) atoms. The summed E-state index contributed by atoms with van der Waals surface area (Å²) in [5.41, 5.74) is 2.15. The van der Waals surface area contributed by atoms with Crippen molar-refractivity contribution in [3.8, 4) is 0 Å². The number of benzene rings is 1. The average molecular weight is 289 g/mol. The summed E-state index contributed by atoms with van der Waals surface area (Å²) in [4.78, 5) is 0. The van der Waals surface area contributed by atoms with Gasteiger partial charge in [0.05, 0.1) is 0 Å². The lowest BCUT2D eigenvalue weighted by atomic mass is 9.46. The van der Waals surface area contributed by atoms with Crippen LogP contribution in [0.5, 0.6) is 0 Å². The molecule has 0 amide bonds. The molecule has 0 unspecified atom stereocenters. The molecule has 2 aliphatic rings. The Bertz CT molecular complexity index is 463. The molecule has 0 heterocycles. The van der Waals surface area contributed by atoms with E-state index in [4.69, 9.17) is 0 Å². The van der Waals surface area contributed by atoms with E-state index in [1.54, 1.807) is 12.1 Å². The second-order valence-corrected chi connectivity index (χ2v) is 7.74. The molecular formula is C19H28FN. The van der Waals surface area contributed by atoms with Gasteiger partial charge in [-0.3, -0.25) is 0 Å². The van der Waals surface area contributed by atoms with Crippen molar-refractivity contribution < 1.29 is 4.39 Å². The van der Waals surface area contributed by atoms with E-state index in [-0.39, 0.29) is 11.2 Å². The number of hydrogen-bond donors (Lipinski definition) is 1. The van der Waals surface area contributed by atoms with Gasteiger partial charge in [0, 0.05) is 18.0 Å². The van der Waals surface area contributed by atoms with Crippen LogP contribution < -0.4 is 5.32 Å². The average Bonchev–Trinajstić information content (AvgIpc) is 2.44. The molecule has 1 nitrogen and oxygen atoms in total. The monoisotopic (exact) mass is 289 g/mol. The molecule has 2 saturated carbocycles. The summed E-state index contributed by atoms with van der Waals surface area (Å²) in [5, 5.41) is 3.63. The van der Waals surface area contributed by atoms with Gasteiger partial charge in [0.15, 0.2) is 0 Å². The second kappa shape index (κ2) is 5.72. The van der Waals surface area contributed by atoms with Gasteiger partial charge in [-0.2, -0.15) is 0 Å². The summed E-state index contributed by atoms with van der Waals surface area (Å²) in [6.45, 7) is 5.43. The molecule has 0 atom stereocenters. The van der Waals surface area contributed by atoms with Gasteiger partial charge < -0.3 is 5.32 Å². The highest BCUT2D eigenvalue weighted by Crippen LogP contribution is 2.61. The van der Waals surface area contributed by atoms with E-state index >= 15 is 0 Å². The van der Waals surface area contributed by atoms with E-state index in [0.29, 0.717) is 11.5 Å². The summed E-state index contributed by atoms with van der Waals surface area (Å²) in [5.74, 6) is -0.127. The maximum Gasteiger partial charge on any atom is 0.123 e. The maximum absolute atomic E-state index is 13.2. The summed E-state index contributed by atoms with van der Waals surface area (Å²) < 4.78 is 13.2. The SMILES string of the molecule is CC(C)NCC1(c2ccc(F)cc2)CC2(CCCCC2)C1. The summed E-state index contributed by atoms with van der Waals surface area (Å²) in [7, 11) is 0. The van der Waals surface area contributed by atoms with Gasteiger partial charge in [0.2, 0.25) is 0 Å². The van der Waals surface area contributed by atoms with Crippen LogP contribution in [0.25, 0.3) is 0 Å². The first kappa shape index (κ1) is 15.0. The summed E-state index contributed by atoms with van der Waals surface area (Å²) >= 11 is 0. The maximum atomic E-state index is 13.2. The topological polar surface area (TPSA) is 12.0 Å². The zero-order chi connectivity index (χ0) is 14.9. The van der Waals surface area contributed by atoms with Crippen molar-refractivity contribution in [1.82, 2.24) is 5.32 Å². The number of nitrogens with one attached hydrogen (secondary N) is 1. The van der Waals surface area contributed by atoms with Crippen LogP contribution in [0.2, 0.25) is 0 Å². The molecule has 2 aliphatic carbocycles. The Morgan fingerprint density at radius 1 is 1.05 bits per heavy atom. The molecule has 0 aliphatic heterocycles. The molecule has 0 bridgehead atoms. The molecule has 1 spiro atoms. The first-order chi connectivity index (χ1) is 10.0. The van der Waals surface area contributed by atoms with Gasteiger partial charge in [-0.05, 0) is 48.8 Å². The molecule has 0 aromatic heterocycles. The van der Waals surface area contributed by atoms with Crippen molar-refractivity contribution in [3.63, 3.8) is 0 Å². The molecule has 0 radical (unpaired) electrons. The fraction of sp³-hybridized carbons (Fsp3) is 0.684. The largest absolute Gasteiger partial charge is 0.314 e. The third kappa shape index (κ3) is 3.01. The van der Waals surface area contributed by atoms with Crippen LogP contribution >= 0.6 is 0 Å². The Hall–Kier alpha value is -0.890. The molecule has 116 valence electrons. The zero-order valence-corrected chi connectivity index (χ0v) is 13.4. The van der Waals surface area contributed by atoms with Crippen LogP contribution in [0.3, 0.4) is 0 Å². The highest BCUT2D eigenvalue weighted by atomic mass is 19.1. The predicted molar refractivity (Wildman–Crippen MR) is 86.0 cm³/mol. The Morgan fingerprint density at radius 2 is 1.67 bits per heavy atom. The Labute approximate surface area is 128 Å². The van der Waals surface area contributed by atoms with E-state index < -0.39 is 0 Å². The molecule has 0 saturated heterocycles. The molecular weight excluding hydrogens is 261 g/mol. The number of rotatable bonds is 4. The van der Waals surface area contributed by atoms with E-state index in [0.717, 1.165) is 6.54 Å². The standard InChI is InChI=1S/C19H28FN/c1-15(2)21-14-19(16-6-8-17(20)9-7-16)12-18(13-19)10-4-3-5-11-18/h6-9,15,21H,3-5,10-14H2,1-2H3. The van der Waals surface area contributed by atoms with Crippen LogP contribution in [0.15, 0.2) is 24.3 Å². The highest BCUT2D eigenvalue weighted by molar-refractivity contribution is 5.32. The highest BCUT2D eigenvalue weighted by Gasteiger charge is 2.54. The molecule has 1 N–H and O–H groups in total. The van der Waals surface area contributed by atoms with Crippen molar-refractivity contribution in [2.45, 2.75) is 70.3 Å². The van der Waals surface area contributed by atoms with Gasteiger partial charge in [-0.1, -0.05) is 45.2 Å². The van der Waals surface area contributed by atoms with Crippen molar-refractivity contribution in [3.05, 3.63) is 35.6 Å². The number of halogens is 1. The first-order valence-corrected chi connectivity index (χ1v) is 8.53. The van der Waals surface area contributed by atoms with Crippen LogP contribution in [0, 0.1) is 11.2 Å². The van der Waals surface area contributed by atoms with Crippen LogP contribution in [-0.2, 0) is 5.41 Å². The molecule has 2 fully saturated rings. The molecule has 3 rings (SSSR count). The van der Waals surface area contributed by atoms with Crippen molar-refractivity contribution in [2.75, 3.05) is 6.54 Å². The van der Waals surface area contributed by atoms with Gasteiger partial charge in [-0.15, -0.1) is 0 Å². The smallest absolute Gasteiger partial charge is 0.123 e. The van der Waals surface area contributed by atoms with Gasteiger partial charge in [0.1, 0.15) is 5.82 Å². The van der Waals surface area contributed by atoms with Crippen molar-refractivity contribution in [2.24, 2.45) is 5.41 Å². The van der Waals surface area contributed by atoms with E-state index in [9.17, 15) is 4.39 Å². The van der Waals surface area contributed by atoms with Crippen molar-refractivity contribution in [1.29, 1.82) is 0 Å². The minimum absolute atomic E-state index is 0.127. The summed E-state index contributed by atoms with van der Waals surface area (Å²) in [6, 6.07) is 7.77. The molecule has 1 aromatic rings. The third-order valence-corrected chi connectivity index (χ3v) is 5.65. The predicted octanol–water partition coefficient (Wildman–Crippen LogP) is 4.81. The van der Waals surface area contributed by atoms with E-state index in [1.807, 2.05) is 12.1 Å². The molecule has 1 aromatic carbocycles. The quantitative estimate of drug-likeness (QED) is 0.839. The second-order valence-electron chi connectivity index (χ2n) is 7.74. The van der Waals surface area contributed by atoms with Crippen molar-refractivity contribution >= 4 is 0 Å². The minimum atomic E-state index is -0.127. The lowest BCUT2D eigenvalue weighted by molar-refractivity contribution is -0.0136. The lowest BCUT2D eigenvalue weighted by Crippen LogP contribution is -2.56. The fourth-order valence-electron chi connectivity index (χ4n) is 4.67. The summed E-state index contributed by atoms with van der Waals surface area (Å²) in [6.07, 6.45) is 9.58. The van der Waals surface area contributed by atoms with Gasteiger partial charge in [-0.25, -0.2) is 4.39 Å². The Kier molecular flexibility index (Phi) is 4.09. The first-order valence-electron chi connectivity index (χ1n) is 8.53.